The molecule has 2 aliphatic heterocycles. The van der Waals surface area contributed by atoms with Crippen LogP contribution in [0.5, 0.6) is 11.5 Å². The van der Waals surface area contributed by atoms with Crippen LogP contribution in [-0.2, 0) is 23.4 Å². The molecule has 5 aromatic rings. The molecule has 2 aliphatic rings. The molecular weight excluding hydrogens is 556 g/mol. The molecule has 2 heterocycles. The summed E-state index contributed by atoms with van der Waals surface area (Å²) in [7, 11) is 4.01. The third-order valence-electron chi connectivity index (χ3n) is 9.55. The third-order valence-corrected chi connectivity index (χ3v) is 9.55. The van der Waals surface area contributed by atoms with E-state index in [4.69, 9.17) is 9.47 Å². The van der Waals surface area contributed by atoms with Gasteiger partial charge in [-0.3, -0.25) is 0 Å². The predicted octanol–water partition coefficient (Wildman–Crippen LogP) is 8.76. The molecule has 7 rings (SSSR count). The van der Waals surface area contributed by atoms with E-state index in [1.54, 1.807) is 0 Å². The third kappa shape index (κ3) is 4.65. The van der Waals surface area contributed by atoms with Gasteiger partial charge < -0.3 is 19.3 Å². The zero-order valence-electron chi connectivity index (χ0n) is 26.8. The van der Waals surface area contributed by atoms with Crippen molar-refractivity contribution in [3.8, 4) is 11.5 Å². The van der Waals surface area contributed by atoms with Gasteiger partial charge >= 0.3 is 5.97 Å². The number of esters is 1. The van der Waals surface area contributed by atoms with Gasteiger partial charge in [0.05, 0.1) is 5.56 Å². The largest absolute Gasteiger partial charge is 0.456 e. The molecule has 0 bridgehead atoms. The smallest absolute Gasteiger partial charge is 0.340 e. The van der Waals surface area contributed by atoms with E-state index in [0.717, 1.165) is 41.2 Å². The number of carbonyl (C=O) groups excluding carboxylic acids is 1. The molecule has 45 heavy (non-hydrogen) atoms. The minimum absolute atomic E-state index is 0.325. The van der Waals surface area contributed by atoms with Crippen LogP contribution in [0.4, 0.5) is 11.4 Å². The van der Waals surface area contributed by atoms with Crippen LogP contribution in [0.25, 0.3) is 0 Å². The first kappa shape index (κ1) is 28.7. The molecule has 0 aliphatic carbocycles. The van der Waals surface area contributed by atoms with Gasteiger partial charge in [0.15, 0.2) is 5.60 Å². The zero-order chi connectivity index (χ0) is 31.5. The Bertz CT molecular complexity index is 1880. The highest BCUT2D eigenvalue weighted by atomic mass is 16.6. The summed E-state index contributed by atoms with van der Waals surface area (Å²) in [5, 5.41) is 0. The van der Waals surface area contributed by atoms with Crippen molar-refractivity contribution >= 4 is 17.3 Å². The van der Waals surface area contributed by atoms with Crippen LogP contribution < -0.4 is 14.5 Å². The maximum Gasteiger partial charge on any atom is 0.340 e. The van der Waals surface area contributed by atoms with Crippen LogP contribution in [0.15, 0.2) is 97.1 Å². The Hall–Kier alpha value is -5.03. The molecule has 5 heteroatoms. The summed E-state index contributed by atoms with van der Waals surface area (Å²) in [5.41, 5.74) is 11.7. The van der Waals surface area contributed by atoms with Crippen molar-refractivity contribution in [3.05, 3.63) is 153 Å². The van der Waals surface area contributed by atoms with Crippen molar-refractivity contribution in [3.63, 3.8) is 0 Å². The maximum absolute atomic E-state index is 13.5. The average molecular weight is 595 g/mol. The normalized spacial score (nSPS) is 16.0. The Morgan fingerprint density at radius 2 is 1.20 bits per heavy atom. The second-order valence-corrected chi connectivity index (χ2v) is 12.6. The quantitative estimate of drug-likeness (QED) is 0.184. The van der Waals surface area contributed by atoms with Gasteiger partial charge in [-0.05, 0) is 97.5 Å². The highest BCUT2D eigenvalue weighted by Crippen LogP contribution is 2.57. The lowest BCUT2D eigenvalue weighted by molar-refractivity contribution is 0.0224. The summed E-state index contributed by atoms with van der Waals surface area (Å²) in [5.74, 6) is 1.05. The molecule has 0 amide bonds. The summed E-state index contributed by atoms with van der Waals surface area (Å²) in [4.78, 5) is 18.0. The van der Waals surface area contributed by atoms with Crippen LogP contribution in [0.1, 0.15) is 60.4 Å². The van der Waals surface area contributed by atoms with Gasteiger partial charge in [0.25, 0.3) is 0 Å². The van der Waals surface area contributed by atoms with Crippen molar-refractivity contribution in [1.82, 2.24) is 0 Å². The average Bonchev–Trinajstić information content (AvgIpc) is 3.32. The van der Waals surface area contributed by atoms with Crippen molar-refractivity contribution in [1.29, 1.82) is 0 Å². The minimum atomic E-state index is -1.12. The number of carbonyl (C=O) groups is 1. The molecule has 1 unspecified atom stereocenters. The van der Waals surface area contributed by atoms with Crippen LogP contribution in [0, 0.1) is 27.7 Å². The SMILES string of the molecule is Cc1cccc(C)c1CN(Cc1c(C)cccc1C)c1ccc2c(c1)C1(OC(=O)c3ccccc31)c1ccc(N(C)C)cc1O2. The highest BCUT2D eigenvalue weighted by Gasteiger charge is 2.53. The number of ether oxygens (including phenoxy) is 2. The first-order chi connectivity index (χ1) is 21.7. The first-order valence-electron chi connectivity index (χ1n) is 15.5. The maximum atomic E-state index is 13.5. The molecular formula is C40H38N2O3. The summed E-state index contributed by atoms with van der Waals surface area (Å²) < 4.78 is 13.1. The predicted molar refractivity (Wildman–Crippen MR) is 181 cm³/mol. The van der Waals surface area contributed by atoms with Crippen molar-refractivity contribution in [2.24, 2.45) is 0 Å². The molecule has 0 saturated heterocycles. The molecule has 226 valence electrons. The molecule has 1 spiro atoms. The summed E-state index contributed by atoms with van der Waals surface area (Å²) >= 11 is 0. The van der Waals surface area contributed by atoms with Crippen LogP contribution >= 0.6 is 0 Å². The van der Waals surface area contributed by atoms with Gasteiger partial charge in [0.1, 0.15) is 11.5 Å². The van der Waals surface area contributed by atoms with Crippen molar-refractivity contribution in [2.45, 2.75) is 46.4 Å². The second-order valence-electron chi connectivity index (χ2n) is 12.6. The monoisotopic (exact) mass is 594 g/mol. The molecule has 0 fully saturated rings. The van der Waals surface area contributed by atoms with E-state index in [1.807, 2.05) is 61.5 Å². The fourth-order valence-corrected chi connectivity index (χ4v) is 6.94. The minimum Gasteiger partial charge on any atom is -0.456 e. The Morgan fingerprint density at radius 1 is 0.600 bits per heavy atom. The van der Waals surface area contributed by atoms with Crippen LogP contribution in [-0.4, -0.2) is 20.1 Å². The molecule has 0 radical (unpaired) electrons. The highest BCUT2D eigenvalue weighted by molar-refractivity contribution is 5.97. The molecule has 5 aromatic carbocycles. The number of hydrogen-bond donors (Lipinski definition) is 0. The number of hydrogen-bond acceptors (Lipinski definition) is 5. The van der Waals surface area contributed by atoms with E-state index < -0.39 is 5.60 Å². The zero-order valence-corrected chi connectivity index (χ0v) is 26.8. The van der Waals surface area contributed by atoms with E-state index in [-0.39, 0.29) is 5.97 Å². The van der Waals surface area contributed by atoms with Crippen LogP contribution in [0.2, 0.25) is 0 Å². The second kappa shape index (κ2) is 10.8. The number of fused-ring (bicyclic) bond motifs is 6. The van der Waals surface area contributed by atoms with Gasteiger partial charge in [-0.1, -0.05) is 54.6 Å². The lowest BCUT2D eigenvalue weighted by Crippen LogP contribution is -2.33. The molecule has 1 atom stereocenters. The summed E-state index contributed by atoms with van der Waals surface area (Å²) in [6, 6.07) is 33.2. The number of benzene rings is 5. The summed E-state index contributed by atoms with van der Waals surface area (Å²) in [6.07, 6.45) is 0. The molecule has 0 N–H and O–H groups in total. The summed E-state index contributed by atoms with van der Waals surface area (Å²) in [6.45, 7) is 10.2. The van der Waals surface area contributed by atoms with E-state index in [0.29, 0.717) is 17.1 Å². The number of anilines is 2. The van der Waals surface area contributed by atoms with E-state index >= 15 is 0 Å². The van der Waals surface area contributed by atoms with E-state index in [9.17, 15) is 4.79 Å². The topological polar surface area (TPSA) is 42.0 Å². The fraction of sp³-hybridized carbons (Fsp3) is 0.225. The van der Waals surface area contributed by atoms with E-state index in [2.05, 4.69) is 87.2 Å². The van der Waals surface area contributed by atoms with Crippen LogP contribution in [0.3, 0.4) is 0 Å². The Labute approximate surface area is 265 Å². The van der Waals surface area contributed by atoms with Gasteiger partial charge in [0, 0.05) is 61.3 Å². The van der Waals surface area contributed by atoms with E-state index in [1.165, 1.54) is 33.4 Å². The Kier molecular flexibility index (Phi) is 6.92. The number of aryl methyl sites for hydroxylation is 4. The number of nitrogens with zero attached hydrogens (tertiary/aromatic N) is 2. The first-order valence-corrected chi connectivity index (χ1v) is 15.5. The lowest BCUT2D eigenvalue weighted by Gasteiger charge is -2.38. The van der Waals surface area contributed by atoms with Crippen molar-refractivity contribution < 1.29 is 14.3 Å². The van der Waals surface area contributed by atoms with Gasteiger partial charge in [-0.25, -0.2) is 4.79 Å². The van der Waals surface area contributed by atoms with Gasteiger partial charge in [0.2, 0.25) is 0 Å². The van der Waals surface area contributed by atoms with Gasteiger partial charge in [-0.15, -0.1) is 0 Å². The lowest BCUT2D eigenvalue weighted by atomic mass is 9.77. The Morgan fingerprint density at radius 3 is 1.82 bits per heavy atom. The Balaban J connectivity index is 1.43. The number of rotatable bonds is 6. The standard InChI is InChI=1S/C40H38N2O3/c1-25-11-9-12-26(2)32(25)23-42(24-33-27(3)13-10-14-28(33)4)30-18-20-37-36(21-30)40(34-16-8-7-15-31(34)39(43)45-40)35-19-17-29(41(5)6)22-38(35)44-37/h7-22H,23-24H2,1-6H3. The molecule has 0 saturated carbocycles. The fourth-order valence-electron chi connectivity index (χ4n) is 6.94. The molecule has 5 nitrogen and oxygen atoms in total. The van der Waals surface area contributed by atoms with Gasteiger partial charge in [-0.2, -0.15) is 0 Å². The van der Waals surface area contributed by atoms with Crippen molar-refractivity contribution in [2.75, 3.05) is 23.9 Å². The molecule has 0 aromatic heterocycles.